The average Bonchev–Trinajstić information content (AvgIpc) is 2.36. The summed E-state index contributed by atoms with van der Waals surface area (Å²) in [6, 6.07) is 0.489. The summed E-state index contributed by atoms with van der Waals surface area (Å²) in [7, 11) is 2.14. The van der Waals surface area contributed by atoms with Crippen LogP contribution in [0.4, 0.5) is 11.5 Å². The Hall–Kier alpha value is -1.56. The third kappa shape index (κ3) is 2.48. The Morgan fingerprint density at radius 2 is 2.22 bits per heavy atom. The molecule has 1 aliphatic heterocycles. The Bertz CT molecular complexity index is 411. The topological polar surface area (TPSA) is 67.5 Å². The molecule has 2 rings (SSSR count). The lowest BCUT2D eigenvalue weighted by Crippen LogP contribution is -2.50. The molecule has 0 saturated carbocycles. The highest BCUT2D eigenvalue weighted by Gasteiger charge is 2.24. The van der Waals surface area contributed by atoms with Gasteiger partial charge in [0.15, 0.2) is 5.82 Å². The molecule has 0 spiro atoms. The molecule has 0 aromatic carbocycles. The molecule has 100 valence electrons. The lowest BCUT2D eigenvalue weighted by atomic mass is 10.2. The number of anilines is 2. The predicted octanol–water partition coefficient (Wildman–Crippen LogP) is 0.598. The fraction of sp³-hybridized carbons (Fsp3) is 0.667. The zero-order valence-electron chi connectivity index (χ0n) is 11.3. The molecule has 1 aliphatic rings. The number of nitrogens with two attached hydrogens (primary N) is 1. The molecule has 2 N–H and O–H groups in total. The zero-order chi connectivity index (χ0) is 13.1. The van der Waals surface area contributed by atoms with Gasteiger partial charge in [-0.25, -0.2) is 4.98 Å². The molecule has 2 heterocycles. The number of nitrogens with zero attached hydrogens (tertiary/aromatic N) is 4. The highest BCUT2D eigenvalue weighted by Crippen LogP contribution is 2.29. The highest BCUT2D eigenvalue weighted by molar-refractivity contribution is 5.67. The number of rotatable bonds is 3. The summed E-state index contributed by atoms with van der Waals surface area (Å²) in [5.41, 5.74) is 6.61. The van der Waals surface area contributed by atoms with Crippen molar-refractivity contribution in [1.29, 1.82) is 0 Å². The second-order valence-corrected chi connectivity index (χ2v) is 4.62. The first-order chi connectivity index (χ1) is 8.63. The van der Waals surface area contributed by atoms with E-state index in [1.807, 2.05) is 6.92 Å². The summed E-state index contributed by atoms with van der Waals surface area (Å²) in [4.78, 5) is 12.9. The molecule has 1 atom stereocenters. The smallest absolute Gasteiger partial charge is 0.242 e. The third-order valence-corrected chi connectivity index (χ3v) is 3.37. The van der Waals surface area contributed by atoms with Gasteiger partial charge in [-0.2, -0.15) is 4.98 Å². The molecule has 6 nitrogen and oxygen atoms in total. The number of ether oxygens (including phenoxy) is 1. The number of hydrogen-bond acceptors (Lipinski definition) is 6. The Morgan fingerprint density at radius 1 is 1.44 bits per heavy atom. The van der Waals surface area contributed by atoms with Gasteiger partial charge in [0.05, 0.1) is 6.61 Å². The van der Waals surface area contributed by atoms with Crippen molar-refractivity contribution in [2.24, 2.45) is 0 Å². The maximum atomic E-state index is 6.08. The van der Waals surface area contributed by atoms with E-state index >= 15 is 0 Å². The van der Waals surface area contributed by atoms with E-state index in [0.717, 1.165) is 25.5 Å². The van der Waals surface area contributed by atoms with Crippen molar-refractivity contribution in [3.63, 3.8) is 0 Å². The van der Waals surface area contributed by atoms with Gasteiger partial charge >= 0.3 is 0 Å². The SMILES string of the molecule is CCOc1ncnc(N2CCN(C)C(C)C2)c1N. The number of likely N-dealkylation sites (N-methyl/N-ethyl adjacent to an activating group) is 1. The van der Waals surface area contributed by atoms with Crippen molar-refractivity contribution >= 4 is 11.5 Å². The van der Waals surface area contributed by atoms with E-state index in [0.29, 0.717) is 24.2 Å². The second-order valence-electron chi connectivity index (χ2n) is 4.62. The second kappa shape index (κ2) is 5.39. The maximum Gasteiger partial charge on any atom is 0.242 e. The summed E-state index contributed by atoms with van der Waals surface area (Å²) in [5.74, 6) is 1.27. The highest BCUT2D eigenvalue weighted by atomic mass is 16.5. The zero-order valence-corrected chi connectivity index (χ0v) is 11.3. The Morgan fingerprint density at radius 3 is 2.89 bits per heavy atom. The van der Waals surface area contributed by atoms with Crippen molar-refractivity contribution in [2.75, 3.05) is 43.9 Å². The minimum atomic E-state index is 0.481. The van der Waals surface area contributed by atoms with Crippen LogP contribution in [-0.4, -0.2) is 54.2 Å². The number of aromatic nitrogens is 2. The molecule has 1 aromatic rings. The molecular formula is C12H21N5O. The van der Waals surface area contributed by atoms with Crippen molar-refractivity contribution in [3.05, 3.63) is 6.33 Å². The van der Waals surface area contributed by atoms with Crippen molar-refractivity contribution in [3.8, 4) is 5.88 Å². The predicted molar refractivity (Wildman–Crippen MR) is 71.9 cm³/mol. The van der Waals surface area contributed by atoms with Gasteiger partial charge in [0.1, 0.15) is 12.0 Å². The van der Waals surface area contributed by atoms with Crippen molar-refractivity contribution < 1.29 is 4.74 Å². The van der Waals surface area contributed by atoms with Crippen LogP contribution in [-0.2, 0) is 0 Å². The molecule has 0 amide bonds. The van der Waals surface area contributed by atoms with Crippen LogP contribution in [0.15, 0.2) is 6.33 Å². The number of hydrogen-bond donors (Lipinski definition) is 1. The van der Waals surface area contributed by atoms with Crippen molar-refractivity contribution in [2.45, 2.75) is 19.9 Å². The first-order valence-corrected chi connectivity index (χ1v) is 6.32. The first-order valence-electron chi connectivity index (χ1n) is 6.32. The van der Waals surface area contributed by atoms with Crippen LogP contribution >= 0.6 is 0 Å². The summed E-state index contributed by atoms with van der Waals surface area (Å²) in [6.07, 6.45) is 1.51. The summed E-state index contributed by atoms with van der Waals surface area (Å²) in [6.45, 7) is 7.53. The van der Waals surface area contributed by atoms with Crippen LogP contribution in [0.2, 0.25) is 0 Å². The molecule has 1 unspecified atom stereocenters. The molecule has 6 heteroatoms. The Balaban J connectivity index is 2.20. The van der Waals surface area contributed by atoms with Crippen LogP contribution in [0, 0.1) is 0 Å². The van der Waals surface area contributed by atoms with Gasteiger partial charge in [-0.1, -0.05) is 0 Å². The van der Waals surface area contributed by atoms with E-state index in [4.69, 9.17) is 10.5 Å². The molecule has 18 heavy (non-hydrogen) atoms. The van der Waals surface area contributed by atoms with E-state index in [2.05, 4.69) is 33.7 Å². The minimum Gasteiger partial charge on any atom is -0.476 e. The van der Waals surface area contributed by atoms with E-state index in [1.54, 1.807) is 0 Å². The number of nitrogen functional groups attached to an aromatic ring is 1. The molecule has 1 fully saturated rings. The average molecular weight is 251 g/mol. The van der Waals surface area contributed by atoms with E-state index in [1.165, 1.54) is 6.33 Å². The van der Waals surface area contributed by atoms with E-state index in [9.17, 15) is 0 Å². The summed E-state index contributed by atoms with van der Waals surface area (Å²) >= 11 is 0. The minimum absolute atomic E-state index is 0.481. The molecule has 1 aromatic heterocycles. The van der Waals surface area contributed by atoms with Crippen LogP contribution in [0.3, 0.4) is 0 Å². The number of piperazine rings is 1. The van der Waals surface area contributed by atoms with Gasteiger partial charge in [-0.05, 0) is 20.9 Å². The molecule has 0 radical (unpaired) electrons. The largest absolute Gasteiger partial charge is 0.476 e. The molecular weight excluding hydrogens is 230 g/mol. The van der Waals surface area contributed by atoms with Gasteiger partial charge in [-0.3, -0.25) is 0 Å². The quantitative estimate of drug-likeness (QED) is 0.848. The van der Waals surface area contributed by atoms with Gasteiger partial charge in [-0.15, -0.1) is 0 Å². The molecule has 1 saturated heterocycles. The fourth-order valence-corrected chi connectivity index (χ4v) is 2.12. The van der Waals surface area contributed by atoms with Gasteiger partial charge in [0.2, 0.25) is 5.88 Å². The van der Waals surface area contributed by atoms with Crippen LogP contribution in [0.5, 0.6) is 5.88 Å². The van der Waals surface area contributed by atoms with Crippen LogP contribution < -0.4 is 15.4 Å². The Labute approximate surface area is 108 Å². The van der Waals surface area contributed by atoms with Crippen LogP contribution in [0.1, 0.15) is 13.8 Å². The summed E-state index contributed by atoms with van der Waals surface area (Å²) < 4.78 is 5.40. The van der Waals surface area contributed by atoms with Crippen molar-refractivity contribution in [1.82, 2.24) is 14.9 Å². The van der Waals surface area contributed by atoms with Gasteiger partial charge in [0, 0.05) is 25.7 Å². The Kier molecular flexibility index (Phi) is 3.86. The fourth-order valence-electron chi connectivity index (χ4n) is 2.12. The molecule has 0 bridgehead atoms. The summed E-state index contributed by atoms with van der Waals surface area (Å²) in [5, 5.41) is 0. The third-order valence-electron chi connectivity index (χ3n) is 3.37. The van der Waals surface area contributed by atoms with Crippen LogP contribution in [0.25, 0.3) is 0 Å². The molecule has 0 aliphatic carbocycles. The monoisotopic (exact) mass is 251 g/mol. The standard InChI is InChI=1S/C12H21N5O/c1-4-18-12-10(13)11(14-8-15-12)17-6-5-16(3)9(2)7-17/h8-9H,4-7,13H2,1-3H3. The van der Waals surface area contributed by atoms with E-state index < -0.39 is 0 Å². The lowest BCUT2D eigenvalue weighted by molar-refractivity contribution is 0.233. The van der Waals surface area contributed by atoms with Gasteiger partial charge < -0.3 is 20.3 Å². The van der Waals surface area contributed by atoms with Gasteiger partial charge in [0.25, 0.3) is 0 Å². The lowest BCUT2D eigenvalue weighted by Gasteiger charge is -2.38. The maximum absolute atomic E-state index is 6.08. The normalized spacial score (nSPS) is 21.1. The van der Waals surface area contributed by atoms with E-state index in [-0.39, 0.29) is 0 Å². The first kappa shape index (κ1) is 12.9.